The van der Waals surface area contributed by atoms with E-state index in [4.69, 9.17) is 5.14 Å². The lowest BCUT2D eigenvalue weighted by atomic mass is 10.1. The van der Waals surface area contributed by atoms with Crippen LogP contribution in [-0.2, 0) is 11.4 Å². The van der Waals surface area contributed by atoms with E-state index in [1.165, 1.54) is 0 Å². The van der Waals surface area contributed by atoms with Crippen molar-refractivity contribution in [1.29, 1.82) is 0 Å². The molecule has 0 fully saturated rings. The van der Waals surface area contributed by atoms with Crippen LogP contribution < -0.4 is 5.14 Å². The van der Waals surface area contributed by atoms with Gasteiger partial charge in [0.15, 0.2) is 0 Å². The number of hydrogen-bond donors (Lipinski definition) is 1. The molecule has 0 aliphatic carbocycles. The Balaban J connectivity index is 3.70. The van der Waals surface area contributed by atoms with E-state index in [9.17, 15) is 4.55 Å². The molecule has 3 heteroatoms. The van der Waals surface area contributed by atoms with E-state index >= 15 is 0 Å². The van der Waals surface area contributed by atoms with Crippen LogP contribution in [-0.4, -0.2) is 9.30 Å². The fourth-order valence-corrected chi connectivity index (χ4v) is 1.11. The highest BCUT2D eigenvalue weighted by molar-refractivity contribution is 7.90. The fourth-order valence-electron chi connectivity index (χ4n) is 0.703. The van der Waals surface area contributed by atoms with Crippen molar-refractivity contribution >= 4 is 11.4 Å². The summed E-state index contributed by atoms with van der Waals surface area (Å²) < 4.78 is 10.5. The largest absolute Gasteiger partial charge is 0.598 e. The molecule has 0 aliphatic heterocycles. The van der Waals surface area contributed by atoms with Gasteiger partial charge in [-0.05, 0) is 20.3 Å². The van der Waals surface area contributed by atoms with Gasteiger partial charge in [-0.25, -0.2) is 0 Å². The van der Waals surface area contributed by atoms with Crippen molar-refractivity contribution in [2.24, 2.45) is 5.14 Å². The molecular weight excluding hydrogens is 134 g/mol. The van der Waals surface area contributed by atoms with Gasteiger partial charge in [-0.3, -0.25) is 0 Å². The molecule has 56 valence electrons. The van der Waals surface area contributed by atoms with Gasteiger partial charge in [0.25, 0.3) is 0 Å². The summed E-state index contributed by atoms with van der Waals surface area (Å²) in [5.41, 5.74) is 0. The lowest BCUT2D eigenvalue weighted by molar-refractivity contribution is 0.524. The molecule has 2 nitrogen and oxygen atoms in total. The minimum Gasteiger partial charge on any atom is -0.598 e. The Morgan fingerprint density at radius 2 is 2.00 bits per heavy atom. The van der Waals surface area contributed by atoms with Gasteiger partial charge < -0.3 is 4.55 Å². The Kier molecular flexibility index (Phi) is 3.54. The van der Waals surface area contributed by atoms with Gasteiger partial charge in [-0.1, -0.05) is 13.3 Å². The Hall–Kier alpha value is 0.270. The van der Waals surface area contributed by atoms with Gasteiger partial charge in [0.1, 0.15) is 4.75 Å². The van der Waals surface area contributed by atoms with Crippen LogP contribution in [0.15, 0.2) is 0 Å². The summed E-state index contributed by atoms with van der Waals surface area (Å²) in [5, 5.41) is 5.23. The molecule has 0 saturated carbocycles. The van der Waals surface area contributed by atoms with Crippen molar-refractivity contribution in [3.63, 3.8) is 0 Å². The van der Waals surface area contributed by atoms with E-state index in [2.05, 4.69) is 6.92 Å². The molecule has 0 bridgehead atoms. The second kappa shape index (κ2) is 3.44. The molecule has 0 spiro atoms. The van der Waals surface area contributed by atoms with Gasteiger partial charge >= 0.3 is 0 Å². The third-order valence-electron chi connectivity index (χ3n) is 1.40. The summed E-state index contributed by atoms with van der Waals surface area (Å²) in [6.45, 7) is 5.91. The Bertz CT molecular complexity index is 83.1. The van der Waals surface area contributed by atoms with E-state index in [1.807, 2.05) is 13.8 Å². The van der Waals surface area contributed by atoms with Crippen LogP contribution >= 0.6 is 0 Å². The van der Waals surface area contributed by atoms with E-state index in [0.29, 0.717) is 0 Å². The van der Waals surface area contributed by atoms with Crippen LogP contribution in [0.4, 0.5) is 0 Å². The molecule has 0 aromatic heterocycles. The molecule has 0 aromatic rings. The maximum absolute atomic E-state index is 10.7. The van der Waals surface area contributed by atoms with Gasteiger partial charge in [-0.2, -0.15) is 5.14 Å². The molecule has 0 saturated heterocycles. The lowest BCUT2D eigenvalue weighted by Gasteiger charge is -2.23. The number of nitrogens with two attached hydrogens (primary N) is 1. The predicted molar refractivity (Wildman–Crippen MR) is 41.3 cm³/mol. The van der Waals surface area contributed by atoms with E-state index in [-0.39, 0.29) is 4.75 Å². The summed E-state index contributed by atoms with van der Waals surface area (Å²) in [5.74, 6) is 0. The quantitative estimate of drug-likeness (QED) is 0.613. The smallest absolute Gasteiger partial charge is 0.139 e. The van der Waals surface area contributed by atoms with Crippen molar-refractivity contribution in [2.75, 3.05) is 0 Å². The van der Waals surface area contributed by atoms with Crippen molar-refractivity contribution in [3.05, 3.63) is 0 Å². The molecule has 0 heterocycles. The molecule has 0 radical (unpaired) electrons. The maximum Gasteiger partial charge on any atom is 0.139 e. The first-order valence-electron chi connectivity index (χ1n) is 3.17. The zero-order valence-corrected chi connectivity index (χ0v) is 7.12. The zero-order valence-electron chi connectivity index (χ0n) is 6.31. The summed E-state index contributed by atoms with van der Waals surface area (Å²) in [4.78, 5) is 0. The minimum absolute atomic E-state index is 0.200. The number of rotatable bonds is 3. The first kappa shape index (κ1) is 9.27. The van der Waals surface area contributed by atoms with Crippen LogP contribution in [0.3, 0.4) is 0 Å². The molecule has 0 amide bonds. The Morgan fingerprint density at radius 3 is 2.11 bits per heavy atom. The number of hydrogen-bond acceptors (Lipinski definition) is 2. The molecule has 0 rings (SSSR count). The van der Waals surface area contributed by atoms with Gasteiger partial charge in [0, 0.05) is 11.4 Å². The Morgan fingerprint density at radius 1 is 1.56 bits per heavy atom. The van der Waals surface area contributed by atoms with E-state index in [1.54, 1.807) is 0 Å². The standard InChI is InChI=1S/C6H15NOS/c1-4-5-6(2,3)9(7)8/h4-5,7H2,1-3H3/t9-/m1/s1. The van der Waals surface area contributed by atoms with Crippen LogP contribution in [0.1, 0.15) is 33.6 Å². The van der Waals surface area contributed by atoms with Crippen molar-refractivity contribution in [2.45, 2.75) is 38.4 Å². The molecule has 9 heavy (non-hydrogen) atoms. The molecular formula is C6H15NOS. The Labute approximate surface area is 60.1 Å². The first-order valence-corrected chi connectivity index (χ1v) is 4.38. The summed E-state index contributed by atoms with van der Waals surface area (Å²) in [6.07, 6.45) is 1.96. The van der Waals surface area contributed by atoms with Crippen LogP contribution in [0.2, 0.25) is 0 Å². The summed E-state index contributed by atoms with van der Waals surface area (Å²) >= 11 is -1.18. The van der Waals surface area contributed by atoms with Crippen LogP contribution in [0, 0.1) is 0 Å². The molecule has 1 atom stereocenters. The first-order chi connectivity index (χ1) is 4.00. The highest BCUT2D eigenvalue weighted by Crippen LogP contribution is 2.18. The normalized spacial score (nSPS) is 15.7. The van der Waals surface area contributed by atoms with Crippen molar-refractivity contribution in [3.8, 4) is 0 Å². The second-order valence-electron chi connectivity index (χ2n) is 2.81. The summed E-state index contributed by atoms with van der Waals surface area (Å²) in [6, 6.07) is 0. The molecule has 0 unspecified atom stereocenters. The van der Waals surface area contributed by atoms with E-state index < -0.39 is 11.4 Å². The van der Waals surface area contributed by atoms with Crippen molar-refractivity contribution in [1.82, 2.24) is 0 Å². The predicted octanol–water partition coefficient (Wildman–Crippen LogP) is 1.19. The SMILES string of the molecule is CCCC(C)(C)[S@+](N)[O-]. The third-order valence-corrected chi connectivity index (χ3v) is 2.69. The van der Waals surface area contributed by atoms with Crippen molar-refractivity contribution < 1.29 is 4.55 Å². The molecule has 0 aromatic carbocycles. The van der Waals surface area contributed by atoms with Crippen LogP contribution in [0.25, 0.3) is 0 Å². The third kappa shape index (κ3) is 3.08. The highest BCUT2D eigenvalue weighted by atomic mass is 32.2. The van der Waals surface area contributed by atoms with Crippen LogP contribution in [0.5, 0.6) is 0 Å². The fraction of sp³-hybridized carbons (Fsp3) is 1.00. The molecule has 2 N–H and O–H groups in total. The monoisotopic (exact) mass is 149 g/mol. The average molecular weight is 149 g/mol. The zero-order chi connectivity index (χ0) is 7.49. The minimum atomic E-state index is -1.18. The van der Waals surface area contributed by atoms with E-state index in [0.717, 1.165) is 12.8 Å². The lowest BCUT2D eigenvalue weighted by Crippen LogP contribution is -2.37. The molecule has 0 aliphatic rings. The average Bonchev–Trinajstić information content (AvgIpc) is 1.65. The topological polar surface area (TPSA) is 49.1 Å². The van der Waals surface area contributed by atoms with Gasteiger partial charge in [0.05, 0.1) is 0 Å². The summed E-state index contributed by atoms with van der Waals surface area (Å²) in [7, 11) is 0. The second-order valence-corrected chi connectivity index (χ2v) is 4.51. The van der Waals surface area contributed by atoms with Gasteiger partial charge in [-0.15, -0.1) is 0 Å². The van der Waals surface area contributed by atoms with Gasteiger partial charge in [0.2, 0.25) is 0 Å². The maximum atomic E-state index is 10.7. The highest BCUT2D eigenvalue weighted by Gasteiger charge is 2.27.